The highest BCUT2D eigenvalue weighted by atomic mass is 16.5. The van der Waals surface area contributed by atoms with Crippen molar-refractivity contribution in [3.05, 3.63) is 96.1 Å². The molecule has 2 aromatic carbocycles. The number of amides is 3. The second-order valence-corrected chi connectivity index (χ2v) is 13.5. The van der Waals surface area contributed by atoms with Crippen molar-refractivity contribution in [1.29, 1.82) is 0 Å². The summed E-state index contributed by atoms with van der Waals surface area (Å²) in [4.78, 5) is 49.4. The third-order valence-electron chi connectivity index (χ3n) is 9.91. The third-order valence-corrected chi connectivity index (χ3v) is 9.91. The molecule has 3 amide bonds. The Balaban J connectivity index is 1.48. The Labute approximate surface area is 260 Å². The van der Waals surface area contributed by atoms with Crippen molar-refractivity contribution in [2.24, 2.45) is 11.8 Å². The predicted octanol–water partition coefficient (Wildman–Crippen LogP) is 3.75. The van der Waals surface area contributed by atoms with E-state index in [1.54, 1.807) is 14.7 Å². The van der Waals surface area contributed by atoms with Crippen molar-refractivity contribution in [2.75, 3.05) is 19.7 Å². The summed E-state index contributed by atoms with van der Waals surface area (Å²) in [5, 5.41) is 10.8. The molecular weight excluding hydrogens is 554 g/mol. The van der Waals surface area contributed by atoms with Crippen LogP contribution in [0.3, 0.4) is 0 Å². The highest BCUT2D eigenvalue weighted by Gasteiger charge is 2.76. The lowest BCUT2D eigenvalue weighted by molar-refractivity contribution is -0.159. The molecule has 2 saturated heterocycles. The van der Waals surface area contributed by atoms with Gasteiger partial charge >= 0.3 is 0 Å². The van der Waals surface area contributed by atoms with E-state index in [1.807, 2.05) is 113 Å². The fraction of sp³-hybridized carbons (Fsp3) is 0.472. The molecule has 0 bridgehead atoms. The number of aliphatic hydroxyl groups excluding tert-OH is 1. The molecule has 2 aromatic rings. The summed E-state index contributed by atoms with van der Waals surface area (Å²) in [6.45, 7) is 8.73. The lowest BCUT2D eigenvalue weighted by Crippen LogP contribution is -2.61. The van der Waals surface area contributed by atoms with Crippen LogP contribution >= 0.6 is 0 Å². The van der Waals surface area contributed by atoms with E-state index in [2.05, 4.69) is 0 Å². The molecule has 1 N–H and O–H groups in total. The minimum atomic E-state index is -1.37. The summed E-state index contributed by atoms with van der Waals surface area (Å²) in [5.41, 5.74) is -1.00. The van der Waals surface area contributed by atoms with Crippen molar-refractivity contribution in [3.63, 3.8) is 0 Å². The van der Waals surface area contributed by atoms with Gasteiger partial charge in [-0.25, -0.2) is 0 Å². The van der Waals surface area contributed by atoms with E-state index in [0.717, 1.165) is 11.1 Å². The van der Waals surface area contributed by atoms with Crippen LogP contribution in [-0.4, -0.2) is 86.0 Å². The Hall–Kier alpha value is -3.75. The van der Waals surface area contributed by atoms with Crippen LogP contribution in [0.25, 0.3) is 0 Å². The first-order valence-electron chi connectivity index (χ1n) is 15.7. The summed E-state index contributed by atoms with van der Waals surface area (Å²) < 4.78 is 7.11. The molecule has 2 fully saturated rings. The van der Waals surface area contributed by atoms with E-state index in [4.69, 9.17) is 4.74 Å². The number of carbonyl (C=O) groups is 3. The van der Waals surface area contributed by atoms with E-state index >= 15 is 0 Å². The Morgan fingerprint density at radius 1 is 0.864 bits per heavy atom. The van der Waals surface area contributed by atoms with Crippen molar-refractivity contribution in [2.45, 2.75) is 75.9 Å². The zero-order chi connectivity index (χ0) is 31.3. The van der Waals surface area contributed by atoms with Gasteiger partial charge in [-0.3, -0.25) is 14.4 Å². The molecule has 1 unspecified atom stereocenters. The molecular formula is C36H43N3O5. The predicted molar refractivity (Wildman–Crippen MR) is 167 cm³/mol. The van der Waals surface area contributed by atoms with Crippen LogP contribution in [-0.2, 0) is 32.1 Å². The molecule has 6 atom stereocenters. The largest absolute Gasteiger partial charge is 0.394 e. The normalized spacial score (nSPS) is 30.6. The van der Waals surface area contributed by atoms with Gasteiger partial charge < -0.3 is 24.5 Å². The molecule has 8 nitrogen and oxygen atoms in total. The molecule has 4 aliphatic rings. The molecule has 0 saturated carbocycles. The quantitative estimate of drug-likeness (QED) is 0.492. The van der Waals surface area contributed by atoms with E-state index in [-0.39, 0.29) is 24.3 Å². The molecule has 4 aliphatic heterocycles. The topological polar surface area (TPSA) is 90.4 Å². The maximum Gasteiger partial charge on any atom is 0.249 e. The number of likely N-dealkylation sites (tertiary alicyclic amines) is 1. The zero-order valence-electron chi connectivity index (χ0n) is 26.1. The summed E-state index contributed by atoms with van der Waals surface area (Å²) in [6.07, 6.45) is 8.57. The molecule has 4 heterocycles. The fourth-order valence-electron chi connectivity index (χ4n) is 7.83. The van der Waals surface area contributed by atoms with Crippen molar-refractivity contribution in [1.82, 2.24) is 14.7 Å². The standard InChI is InChI=1S/C36H43N3O5/c1-5-35-18-12-20-37(23-26-16-10-7-11-17-26)31(41)28(35)29-32(42)39(27(24-40)22-25-14-8-6-9-15-25)30-33(43)38(34(2,3)4)21-13-19-36(29,30)44-35/h6-19,27-30,40H,5,20-24H2,1-4H3/t27-,28-,29+,30?,35+,36+/m1/s1. The highest BCUT2D eigenvalue weighted by molar-refractivity contribution is 6.00. The Morgan fingerprint density at radius 2 is 1.50 bits per heavy atom. The maximum atomic E-state index is 14.9. The van der Waals surface area contributed by atoms with Gasteiger partial charge in [-0.1, -0.05) is 91.9 Å². The lowest BCUT2D eigenvalue weighted by Gasteiger charge is -2.43. The van der Waals surface area contributed by atoms with Gasteiger partial charge in [0.15, 0.2) is 0 Å². The number of hydrogen-bond acceptors (Lipinski definition) is 5. The minimum absolute atomic E-state index is 0.155. The van der Waals surface area contributed by atoms with Crippen LogP contribution < -0.4 is 0 Å². The Morgan fingerprint density at radius 3 is 2.11 bits per heavy atom. The van der Waals surface area contributed by atoms with Crippen molar-refractivity contribution >= 4 is 17.7 Å². The van der Waals surface area contributed by atoms with Crippen LogP contribution in [0.15, 0.2) is 85.0 Å². The maximum absolute atomic E-state index is 14.9. The average molecular weight is 598 g/mol. The third kappa shape index (κ3) is 4.79. The molecule has 44 heavy (non-hydrogen) atoms. The first kappa shape index (κ1) is 30.3. The number of aliphatic hydroxyl groups is 1. The smallest absolute Gasteiger partial charge is 0.249 e. The van der Waals surface area contributed by atoms with Gasteiger partial charge in [0.25, 0.3) is 0 Å². The highest BCUT2D eigenvalue weighted by Crippen LogP contribution is 2.59. The van der Waals surface area contributed by atoms with E-state index in [0.29, 0.717) is 32.5 Å². The molecule has 232 valence electrons. The molecule has 6 rings (SSSR count). The van der Waals surface area contributed by atoms with Gasteiger partial charge in [-0.05, 0) is 44.7 Å². The van der Waals surface area contributed by atoms with E-state index in [9.17, 15) is 19.5 Å². The van der Waals surface area contributed by atoms with Crippen LogP contribution in [0.4, 0.5) is 0 Å². The molecule has 1 spiro atoms. The molecule has 8 heteroatoms. The van der Waals surface area contributed by atoms with Crippen LogP contribution in [0.5, 0.6) is 0 Å². The van der Waals surface area contributed by atoms with Gasteiger partial charge in [-0.15, -0.1) is 0 Å². The molecule has 0 aliphatic carbocycles. The monoisotopic (exact) mass is 597 g/mol. The number of fused-ring (bicyclic) bond motifs is 2. The van der Waals surface area contributed by atoms with Crippen LogP contribution in [0.2, 0.25) is 0 Å². The van der Waals surface area contributed by atoms with Gasteiger partial charge in [-0.2, -0.15) is 0 Å². The van der Waals surface area contributed by atoms with Crippen molar-refractivity contribution < 1.29 is 24.2 Å². The average Bonchev–Trinajstić information content (AvgIpc) is 3.30. The van der Waals surface area contributed by atoms with Gasteiger partial charge in [0, 0.05) is 25.2 Å². The van der Waals surface area contributed by atoms with Gasteiger partial charge in [0.2, 0.25) is 17.7 Å². The zero-order valence-corrected chi connectivity index (χ0v) is 26.1. The summed E-state index contributed by atoms with van der Waals surface area (Å²) in [5.74, 6) is -2.46. The van der Waals surface area contributed by atoms with E-state index < -0.39 is 40.7 Å². The number of carbonyl (C=O) groups excluding carboxylic acids is 3. The Kier molecular flexibility index (Phi) is 7.79. The first-order valence-corrected chi connectivity index (χ1v) is 15.7. The number of rotatable bonds is 7. The SMILES string of the molecule is CC[C@]12C=CCN(Cc3ccccc3)C(=O)[C@H]1[C@H]1C(=O)N([C@@H](CO)Cc3ccccc3)C3C(=O)N(C(C)(C)C)CC=C[C@@]31O2. The summed E-state index contributed by atoms with van der Waals surface area (Å²) >= 11 is 0. The minimum Gasteiger partial charge on any atom is -0.394 e. The number of nitrogens with zero attached hydrogens (tertiary/aromatic N) is 3. The molecule has 0 aromatic heterocycles. The van der Waals surface area contributed by atoms with Crippen molar-refractivity contribution in [3.8, 4) is 0 Å². The van der Waals surface area contributed by atoms with Crippen LogP contribution in [0.1, 0.15) is 45.2 Å². The lowest BCUT2D eigenvalue weighted by atomic mass is 9.73. The molecule has 0 radical (unpaired) electrons. The number of benzene rings is 2. The second-order valence-electron chi connectivity index (χ2n) is 13.5. The first-order chi connectivity index (χ1) is 21.1. The van der Waals surface area contributed by atoms with Gasteiger partial charge in [0.05, 0.1) is 30.1 Å². The fourth-order valence-corrected chi connectivity index (χ4v) is 7.83. The second kappa shape index (κ2) is 11.3. The summed E-state index contributed by atoms with van der Waals surface area (Å²) in [7, 11) is 0. The van der Waals surface area contributed by atoms with Gasteiger partial charge in [0.1, 0.15) is 11.6 Å². The van der Waals surface area contributed by atoms with E-state index in [1.165, 1.54) is 0 Å². The Bertz CT molecular complexity index is 1470. The number of ether oxygens (including phenoxy) is 1. The van der Waals surface area contributed by atoms with Crippen LogP contribution in [0, 0.1) is 11.8 Å². The number of hydrogen-bond donors (Lipinski definition) is 1. The summed E-state index contributed by atoms with van der Waals surface area (Å²) in [6, 6.07) is 17.8.